The molecule has 2 aromatic rings. The number of aromatic nitrogens is 1. The van der Waals surface area contributed by atoms with E-state index in [-0.39, 0.29) is 35.8 Å². The zero-order valence-corrected chi connectivity index (χ0v) is 19.1. The third-order valence-corrected chi connectivity index (χ3v) is 7.26. The van der Waals surface area contributed by atoms with Gasteiger partial charge in [0.2, 0.25) is 10.0 Å². The Labute approximate surface area is 184 Å². The molecule has 0 bridgehead atoms. The summed E-state index contributed by atoms with van der Waals surface area (Å²) in [7, 11) is 0.0668. The molecule has 1 aromatic carbocycles. The number of hydrogen-bond donors (Lipinski definition) is 1. The van der Waals surface area contributed by atoms with Crippen molar-refractivity contribution in [3.8, 4) is 17.6 Å². The molecule has 0 saturated carbocycles. The molecular formula is C23H29N3O4S. The van der Waals surface area contributed by atoms with Crippen molar-refractivity contribution < 1.29 is 18.3 Å². The highest BCUT2D eigenvalue weighted by molar-refractivity contribution is 7.89. The van der Waals surface area contributed by atoms with Gasteiger partial charge in [0.25, 0.3) is 0 Å². The maximum atomic E-state index is 13.4. The molecule has 7 nitrogen and oxygen atoms in total. The average molecular weight is 444 g/mol. The van der Waals surface area contributed by atoms with E-state index in [1.807, 2.05) is 38.1 Å². The molecule has 1 N–H and O–H groups in total. The van der Waals surface area contributed by atoms with E-state index in [9.17, 15) is 13.5 Å². The molecule has 3 rings (SSSR count). The van der Waals surface area contributed by atoms with Crippen LogP contribution in [0.3, 0.4) is 0 Å². The summed E-state index contributed by atoms with van der Waals surface area (Å²) in [6.07, 6.45) is 3.12. The van der Waals surface area contributed by atoms with Crippen LogP contribution in [0.1, 0.15) is 25.0 Å². The highest BCUT2D eigenvalue weighted by Gasteiger charge is 2.37. The lowest BCUT2D eigenvalue weighted by Crippen LogP contribution is -2.49. The Morgan fingerprint density at radius 2 is 1.90 bits per heavy atom. The summed E-state index contributed by atoms with van der Waals surface area (Å²) in [5.41, 5.74) is 1.47. The molecule has 8 heteroatoms. The maximum absolute atomic E-state index is 13.4. The van der Waals surface area contributed by atoms with E-state index in [1.54, 1.807) is 37.5 Å². The van der Waals surface area contributed by atoms with Crippen molar-refractivity contribution in [1.82, 2.24) is 14.2 Å². The van der Waals surface area contributed by atoms with E-state index < -0.39 is 16.1 Å². The molecule has 0 saturated heterocycles. The number of ether oxygens (including phenoxy) is 1. The molecule has 0 spiro atoms. The van der Waals surface area contributed by atoms with Gasteiger partial charge in [-0.15, -0.1) is 0 Å². The molecule has 0 aliphatic carbocycles. The summed E-state index contributed by atoms with van der Waals surface area (Å²) in [6, 6.07) is 7.99. The van der Waals surface area contributed by atoms with Crippen molar-refractivity contribution in [2.24, 2.45) is 5.92 Å². The first-order chi connectivity index (χ1) is 14.7. The number of pyridine rings is 1. The number of rotatable bonds is 4. The highest BCUT2D eigenvalue weighted by atomic mass is 32.2. The second-order valence-corrected chi connectivity index (χ2v) is 10.0. The standard InChI is InChI=1S/C23H29N3O4S/c1-17-14-26(18(2)16-27)31(28,29)23-8-7-20(6-5-19-9-11-24-12-10-19)13-21(23)30-22(17)15-25(3)4/h7-13,17-18,22,27H,14-16H2,1-4H3/t17-,18+,22+/m1/s1. The van der Waals surface area contributed by atoms with Crippen LogP contribution in [0.5, 0.6) is 5.75 Å². The number of aliphatic hydroxyl groups is 1. The van der Waals surface area contributed by atoms with Crippen LogP contribution in [0.15, 0.2) is 47.6 Å². The van der Waals surface area contributed by atoms with Crippen molar-refractivity contribution in [2.75, 3.05) is 33.8 Å². The van der Waals surface area contributed by atoms with Crippen LogP contribution in [0.2, 0.25) is 0 Å². The zero-order chi connectivity index (χ0) is 22.6. The van der Waals surface area contributed by atoms with Crippen LogP contribution < -0.4 is 4.74 Å². The normalized spacial score (nSPS) is 21.7. The van der Waals surface area contributed by atoms with Gasteiger partial charge in [0.05, 0.1) is 6.61 Å². The van der Waals surface area contributed by atoms with Gasteiger partial charge < -0.3 is 14.7 Å². The molecule has 1 aromatic heterocycles. The molecule has 31 heavy (non-hydrogen) atoms. The number of benzene rings is 1. The summed E-state index contributed by atoms with van der Waals surface area (Å²) < 4.78 is 34.5. The Kier molecular flexibility index (Phi) is 7.34. The molecule has 166 valence electrons. The average Bonchev–Trinajstić information content (AvgIpc) is 2.74. The minimum Gasteiger partial charge on any atom is -0.487 e. The number of sulfonamides is 1. The van der Waals surface area contributed by atoms with Crippen LogP contribution in [0.25, 0.3) is 0 Å². The minimum absolute atomic E-state index is 0.0779. The van der Waals surface area contributed by atoms with E-state index in [1.165, 1.54) is 4.31 Å². The Balaban J connectivity index is 2.08. The van der Waals surface area contributed by atoms with Crippen LogP contribution in [-0.4, -0.2) is 73.7 Å². The van der Waals surface area contributed by atoms with E-state index in [0.29, 0.717) is 12.1 Å². The predicted molar refractivity (Wildman–Crippen MR) is 119 cm³/mol. The molecule has 1 aliphatic heterocycles. The first-order valence-corrected chi connectivity index (χ1v) is 11.7. The molecule has 0 amide bonds. The van der Waals surface area contributed by atoms with Crippen molar-refractivity contribution in [3.05, 3.63) is 53.9 Å². The van der Waals surface area contributed by atoms with Gasteiger partial charge in [-0.25, -0.2) is 8.42 Å². The first-order valence-electron chi connectivity index (χ1n) is 10.2. The van der Waals surface area contributed by atoms with Crippen molar-refractivity contribution >= 4 is 10.0 Å². The maximum Gasteiger partial charge on any atom is 0.247 e. The number of nitrogens with zero attached hydrogens (tertiary/aromatic N) is 3. The second kappa shape index (κ2) is 9.79. The van der Waals surface area contributed by atoms with E-state index in [0.717, 1.165) is 5.56 Å². The smallest absolute Gasteiger partial charge is 0.247 e. The largest absolute Gasteiger partial charge is 0.487 e. The van der Waals surface area contributed by atoms with Crippen molar-refractivity contribution in [3.63, 3.8) is 0 Å². The first kappa shape index (κ1) is 23.2. The Morgan fingerprint density at radius 3 is 2.55 bits per heavy atom. The lowest BCUT2D eigenvalue weighted by Gasteiger charge is -2.37. The zero-order valence-electron chi connectivity index (χ0n) is 18.3. The molecule has 0 fully saturated rings. The molecular weight excluding hydrogens is 414 g/mol. The van der Waals surface area contributed by atoms with Gasteiger partial charge in [-0.2, -0.15) is 4.31 Å². The Bertz CT molecular complexity index is 1060. The van der Waals surface area contributed by atoms with Gasteiger partial charge >= 0.3 is 0 Å². The van der Waals surface area contributed by atoms with Crippen LogP contribution in [0.4, 0.5) is 0 Å². The van der Waals surface area contributed by atoms with Gasteiger partial charge in [-0.05, 0) is 51.4 Å². The fourth-order valence-electron chi connectivity index (χ4n) is 3.46. The quantitative estimate of drug-likeness (QED) is 0.726. The van der Waals surface area contributed by atoms with Gasteiger partial charge in [-0.3, -0.25) is 4.98 Å². The number of aliphatic hydroxyl groups excluding tert-OH is 1. The van der Waals surface area contributed by atoms with Crippen LogP contribution in [0, 0.1) is 17.8 Å². The number of hydrogen-bond acceptors (Lipinski definition) is 6. The monoisotopic (exact) mass is 443 g/mol. The topological polar surface area (TPSA) is 83.0 Å². The summed E-state index contributed by atoms with van der Waals surface area (Å²) in [5, 5.41) is 9.68. The van der Waals surface area contributed by atoms with Crippen LogP contribution in [-0.2, 0) is 10.0 Å². The summed E-state index contributed by atoms with van der Waals surface area (Å²) in [5.74, 6) is 6.34. The molecule has 0 radical (unpaired) electrons. The Hall–Kier alpha value is -2.44. The van der Waals surface area contributed by atoms with Gasteiger partial charge in [0.15, 0.2) is 0 Å². The molecule has 3 atom stereocenters. The van der Waals surface area contributed by atoms with Gasteiger partial charge in [0.1, 0.15) is 16.7 Å². The van der Waals surface area contributed by atoms with E-state index in [2.05, 4.69) is 16.8 Å². The van der Waals surface area contributed by atoms with Gasteiger partial charge in [0, 0.05) is 48.6 Å². The SMILES string of the molecule is C[C@@H]1CN([C@@H](C)CO)S(=O)(=O)c2ccc(C#Cc3ccncc3)cc2O[C@H]1CN(C)C. The van der Waals surface area contributed by atoms with Crippen LogP contribution >= 0.6 is 0 Å². The number of fused-ring (bicyclic) bond motifs is 1. The van der Waals surface area contributed by atoms with E-state index in [4.69, 9.17) is 4.74 Å². The van der Waals surface area contributed by atoms with Gasteiger partial charge in [-0.1, -0.05) is 18.8 Å². The van der Waals surface area contributed by atoms with E-state index >= 15 is 0 Å². The summed E-state index contributed by atoms with van der Waals surface area (Å²) >= 11 is 0. The summed E-state index contributed by atoms with van der Waals surface area (Å²) in [6.45, 7) is 4.33. The number of likely N-dealkylation sites (N-methyl/N-ethyl adjacent to an activating group) is 1. The molecule has 1 aliphatic rings. The molecule has 2 heterocycles. The lowest BCUT2D eigenvalue weighted by molar-refractivity contribution is 0.0812. The summed E-state index contributed by atoms with van der Waals surface area (Å²) in [4.78, 5) is 6.09. The lowest BCUT2D eigenvalue weighted by atomic mass is 10.0. The third kappa shape index (κ3) is 5.43. The van der Waals surface area contributed by atoms with Crippen molar-refractivity contribution in [1.29, 1.82) is 0 Å². The molecule has 0 unspecified atom stereocenters. The highest BCUT2D eigenvalue weighted by Crippen LogP contribution is 2.34. The fourth-order valence-corrected chi connectivity index (χ4v) is 5.29. The van der Waals surface area contributed by atoms with Crippen molar-refractivity contribution in [2.45, 2.75) is 30.9 Å². The second-order valence-electron chi connectivity index (χ2n) is 8.15. The Morgan fingerprint density at radius 1 is 1.23 bits per heavy atom. The third-order valence-electron chi connectivity index (χ3n) is 5.24. The fraction of sp³-hybridized carbons (Fsp3) is 0.435. The minimum atomic E-state index is -3.84. The predicted octanol–water partition coefficient (Wildman–Crippen LogP) is 1.81.